The lowest BCUT2D eigenvalue weighted by atomic mass is 9.88. The largest absolute Gasteiger partial charge is 0.264 e. The molecule has 0 bridgehead atoms. The summed E-state index contributed by atoms with van der Waals surface area (Å²) in [5, 5.41) is 10.7. The maximum atomic E-state index is 5.19. The van der Waals surface area contributed by atoms with Crippen molar-refractivity contribution in [3.63, 3.8) is 0 Å². The van der Waals surface area contributed by atoms with Gasteiger partial charge in [-0.05, 0) is 90.3 Å². The molecule has 0 amide bonds. The molecule has 62 heavy (non-hydrogen) atoms. The van der Waals surface area contributed by atoms with Crippen LogP contribution in [-0.4, -0.2) is 24.9 Å². The molecule has 0 N–H and O–H groups in total. The molecule has 0 saturated carbocycles. The highest BCUT2D eigenvalue weighted by Gasteiger charge is 2.18. The first-order chi connectivity index (χ1) is 30.7. The van der Waals surface area contributed by atoms with Gasteiger partial charge in [0.1, 0.15) is 0 Å². The topological polar surface area (TPSA) is 64.5 Å². The Morgan fingerprint density at radius 3 is 1.42 bits per heavy atom. The van der Waals surface area contributed by atoms with E-state index in [1.807, 2.05) is 79.1 Å². The molecule has 0 spiro atoms. The first kappa shape index (κ1) is 35.5. The number of para-hydroxylation sites is 1. The van der Waals surface area contributed by atoms with Crippen LogP contribution in [0.5, 0.6) is 0 Å². The van der Waals surface area contributed by atoms with Gasteiger partial charge in [0.2, 0.25) is 0 Å². The minimum Gasteiger partial charge on any atom is -0.264 e. The van der Waals surface area contributed by atoms with Crippen LogP contribution in [0.4, 0.5) is 0 Å². The Morgan fingerprint density at radius 1 is 0.274 bits per heavy atom. The molecule has 0 atom stereocenters. The molecule has 5 heteroatoms. The Morgan fingerprint density at radius 2 is 0.758 bits per heavy atom. The van der Waals surface area contributed by atoms with Crippen LogP contribution in [0.15, 0.2) is 213 Å². The average Bonchev–Trinajstić information content (AvgIpc) is 3.36. The molecule has 9 aromatic carbocycles. The summed E-state index contributed by atoms with van der Waals surface area (Å²) in [7, 11) is 0. The summed E-state index contributed by atoms with van der Waals surface area (Å²) in [6, 6.07) is 70.3. The number of benzene rings is 9. The van der Waals surface area contributed by atoms with Gasteiger partial charge in [0.05, 0.1) is 11.2 Å². The number of fused-ring (bicyclic) bond motifs is 9. The highest BCUT2D eigenvalue weighted by Crippen LogP contribution is 2.42. The number of nitrogens with zero attached hydrogens (tertiary/aromatic N) is 5. The summed E-state index contributed by atoms with van der Waals surface area (Å²) in [6.07, 6.45) is 3.78. The summed E-state index contributed by atoms with van der Waals surface area (Å²) in [6.45, 7) is 0. The standard InChI is InChI=1S/C57H35N5/c1-3-14-38(15-4-1)55-60-56(39-16-5-2-6-17-39)62-57(61-55)42-33-40(36-26-28-37(29-27-36)54-51-35-58-31-30-47(51)48-21-11-12-25-52(48)59-54)32-41(34-42)43-23-13-24-50-46-19-8-7-18-44(46)45-20-9-10-22-49(45)53(43)50/h1-35H. The second-order valence-corrected chi connectivity index (χ2v) is 15.6. The first-order valence-corrected chi connectivity index (χ1v) is 20.8. The Kier molecular flexibility index (Phi) is 8.42. The van der Waals surface area contributed by atoms with Gasteiger partial charge in [0, 0.05) is 45.4 Å². The van der Waals surface area contributed by atoms with E-state index in [0.717, 1.165) is 71.9 Å². The van der Waals surface area contributed by atoms with E-state index in [-0.39, 0.29) is 0 Å². The SMILES string of the molecule is c1ccc(-c2nc(-c3ccccc3)nc(-c3cc(-c4ccc(-c5nc6ccccc6c6ccncc56)cc4)cc(-c4cccc5c6ccccc6c6ccccc6c45)c3)n2)cc1. The van der Waals surface area contributed by atoms with E-state index in [9.17, 15) is 0 Å². The Bertz CT molecular complexity index is 3580. The van der Waals surface area contributed by atoms with Crippen molar-refractivity contribution in [1.29, 1.82) is 0 Å². The predicted molar refractivity (Wildman–Crippen MR) is 256 cm³/mol. The van der Waals surface area contributed by atoms with Crippen molar-refractivity contribution in [2.75, 3.05) is 0 Å². The molecular formula is C57H35N5. The quantitative estimate of drug-likeness (QED) is 0.157. The molecule has 3 heterocycles. The molecule has 0 unspecified atom stereocenters. The Labute approximate surface area is 357 Å². The molecule has 0 radical (unpaired) electrons. The van der Waals surface area contributed by atoms with Crippen LogP contribution in [0.25, 0.3) is 122 Å². The van der Waals surface area contributed by atoms with Crippen molar-refractivity contribution in [2.24, 2.45) is 0 Å². The van der Waals surface area contributed by atoms with E-state index >= 15 is 0 Å². The average molecular weight is 790 g/mol. The van der Waals surface area contributed by atoms with Crippen LogP contribution in [0.3, 0.4) is 0 Å². The van der Waals surface area contributed by atoms with E-state index in [4.69, 9.17) is 19.9 Å². The maximum absolute atomic E-state index is 5.19. The first-order valence-electron chi connectivity index (χ1n) is 20.8. The van der Waals surface area contributed by atoms with Crippen LogP contribution in [0.1, 0.15) is 0 Å². The van der Waals surface area contributed by atoms with Gasteiger partial charge < -0.3 is 0 Å². The molecule has 12 rings (SSSR count). The maximum Gasteiger partial charge on any atom is 0.164 e. The van der Waals surface area contributed by atoms with E-state index in [0.29, 0.717) is 17.5 Å². The summed E-state index contributed by atoms with van der Waals surface area (Å²) >= 11 is 0. The van der Waals surface area contributed by atoms with Crippen molar-refractivity contribution >= 4 is 54.0 Å². The third-order valence-corrected chi connectivity index (χ3v) is 12.0. The summed E-state index contributed by atoms with van der Waals surface area (Å²) < 4.78 is 0. The smallest absolute Gasteiger partial charge is 0.164 e. The lowest BCUT2D eigenvalue weighted by Gasteiger charge is -2.16. The van der Waals surface area contributed by atoms with Gasteiger partial charge in [-0.15, -0.1) is 0 Å². The summed E-state index contributed by atoms with van der Waals surface area (Å²) in [5.41, 5.74) is 9.98. The van der Waals surface area contributed by atoms with E-state index in [1.165, 1.54) is 32.3 Å². The lowest BCUT2D eigenvalue weighted by molar-refractivity contribution is 1.07. The highest BCUT2D eigenvalue weighted by atomic mass is 15.0. The third-order valence-electron chi connectivity index (χ3n) is 12.0. The fraction of sp³-hybridized carbons (Fsp3) is 0. The zero-order valence-corrected chi connectivity index (χ0v) is 33.4. The van der Waals surface area contributed by atoms with Gasteiger partial charge >= 0.3 is 0 Å². The highest BCUT2D eigenvalue weighted by molar-refractivity contribution is 6.28. The van der Waals surface area contributed by atoms with Crippen molar-refractivity contribution < 1.29 is 0 Å². The molecule has 12 aromatic rings. The van der Waals surface area contributed by atoms with Crippen LogP contribution in [0.2, 0.25) is 0 Å². The zero-order valence-electron chi connectivity index (χ0n) is 33.4. The minimum absolute atomic E-state index is 0.604. The van der Waals surface area contributed by atoms with Gasteiger partial charge in [-0.25, -0.2) is 19.9 Å². The number of hydrogen-bond acceptors (Lipinski definition) is 5. The molecule has 0 aliphatic heterocycles. The summed E-state index contributed by atoms with van der Waals surface area (Å²) in [5.74, 6) is 1.85. The second-order valence-electron chi connectivity index (χ2n) is 15.6. The van der Waals surface area contributed by atoms with Crippen LogP contribution in [0, 0.1) is 0 Å². The van der Waals surface area contributed by atoms with E-state index < -0.39 is 0 Å². The molecule has 0 aliphatic rings. The van der Waals surface area contributed by atoms with Gasteiger partial charge in [-0.1, -0.05) is 170 Å². The fourth-order valence-electron chi connectivity index (χ4n) is 9.05. The monoisotopic (exact) mass is 789 g/mol. The van der Waals surface area contributed by atoms with Gasteiger partial charge in [-0.2, -0.15) is 0 Å². The number of aromatic nitrogens is 5. The lowest BCUT2D eigenvalue weighted by Crippen LogP contribution is -2.00. The van der Waals surface area contributed by atoms with E-state index in [2.05, 4.69) is 138 Å². The number of hydrogen-bond donors (Lipinski definition) is 0. The molecule has 288 valence electrons. The second kappa shape index (κ2) is 14.7. The van der Waals surface area contributed by atoms with Crippen molar-refractivity contribution in [2.45, 2.75) is 0 Å². The fourth-order valence-corrected chi connectivity index (χ4v) is 9.05. The number of rotatable bonds is 6. The molecule has 0 fully saturated rings. The van der Waals surface area contributed by atoms with Crippen molar-refractivity contribution in [3.8, 4) is 67.7 Å². The molecule has 5 nitrogen and oxygen atoms in total. The van der Waals surface area contributed by atoms with E-state index in [1.54, 1.807) is 0 Å². The van der Waals surface area contributed by atoms with Crippen molar-refractivity contribution in [1.82, 2.24) is 24.9 Å². The van der Waals surface area contributed by atoms with Gasteiger partial charge in [-0.3, -0.25) is 4.98 Å². The molecule has 0 aliphatic carbocycles. The van der Waals surface area contributed by atoms with Crippen molar-refractivity contribution in [3.05, 3.63) is 213 Å². The molecule has 3 aromatic heterocycles. The third kappa shape index (κ3) is 6.06. The predicted octanol–water partition coefficient (Wildman–Crippen LogP) is 14.4. The minimum atomic E-state index is 0.604. The number of pyridine rings is 2. The van der Waals surface area contributed by atoms with Gasteiger partial charge in [0.25, 0.3) is 0 Å². The molecule has 0 saturated heterocycles. The molecular weight excluding hydrogens is 755 g/mol. The Hall–Kier alpha value is -8.41. The summed E-state index contributed by atoms with van der Waals surface area (Å²) in [4.78, 5) is 25.1. The van der Waals surface area contributed by atoms with Gasteiger partial charge in [0.15, 0.2) is 17.5 Å². The van der Waals surface area contributed by atoms with Crippen LogP contribution in [-0.2, 0) is 0 Å². The normalized spacial score (nSPS) is 11.5. The van der Waals surface area contributed by atoms with Crippen LogP contribution >= 0.6 is 0 Å². The Balaban J connectivity index is 1.09. The van der Waals surface area contributed by atoms with Crippen LogP contribution < -0.4 is 0 Å². The zero-order chi connectivity index (χ0) is 41.0.